The van der Waals surface area contributed by atoms with Crippen molar-refractivity contribution in [3.8, 4) is 0 Å². The molecule has 0 radical (unpaired) electrons. The third kappa shape index (κ3) is 11.5. The molecule has 0 amide bonds. The van der Waals surface area contributed by atoms with E-state index in [4.69, 9.17) is 9.47 Å². The number of likely N-dealkylation sites (tertiary alicyclic amines) is 1. The molecule has 3 fully saturated rings. The number of piperidine rings is 1. The van der Waals surface area contributed by atoms with Gasteiger partial charge in [-0.1, -0.05) is 0 Å². The molecule has 3 aliphatic rings. The summed E-state index contributed by atoms with van der Waals surface area (Å²) in [5, 5.41) is 0. The van der Waals surface area contributed by atoms with Crippen molar-refractivity contribution in [2.24, 2.45) is 15.0 Å². The Morgan fingerprint density at radius 3 is 1.73 bits per heavy atom. The van der Waals surface area contributed by atoms with E-state index in [2.05, 4.69) is 78.4 Å². The number of ether oxygens (including phenoxy) is 2. The third-order valence-electron chi connectivity index (χ3n) is 10.8. The Kier molecular flexibility index (Phi) is 15.7. The number of morpholine rings is 2. The van der Waals surface area contributed by atoms with E-state index in [9.17, 15) is 9.59 Å². The van der Waals surface area contributed by atoms with Gasteiger partial charge < -0.3 is 33.3 Å². The number of aromatic amines is 1. The van der Waals surface area contributed by atoms with Crippen LogP contribution in [0.2, 0.25) is 0 Å². The molecule has 0 spiro atoms. The fraction of sp³-hybridized carbons (Fsp3) is 0.595. The lowest BCUT2D eigenvalue weighted by molar-refractivity contribution is 0.0678. The van der Waals surface area contributed by atoms with Gasteiger partial charge in [-0.25, -0.2) is 39.7 Å². The molecule has 8 rings (SSSR count). The number of imidazole rings is 2. The summed E-state index contributed by atoms with van der Waals surface area (Å²) in [6, 6.07) is 2.38. The summed E-state index contributed by atoms with van der Waals surface area (Å²) in [5.41, 5.74) is 2.03. The van der Waals surface area contributed by atoms with Crippen LogP contribution in [-0.4, -0.2) is 146 Å². The first kappa shape index (κ1) is 45.6. The highest BCUT2D eigenvalue weighted by Crippen LogP contribution is 2.23. The van der Waals surface area contributed by atoms with E-state index in [0.29, 0.717) is 34.8 Å². The van der Waals surface area contributed by atoms with E-state index in [1.165, 1.54) is 19.3 Å². The molecule has 20 heteroatoms. The van der Waals surface area contributed by atoms with Gasteiger partial charge in [-0.2, -0.15) is 9.97 Å². The number of nitrogens with one attached hydrogen (secondary N) is 1. The van der Waals surface area contributed by atoms with Crippen molar-refractivity contribution in [2.75, 3.05) is 65.7 Å². The average Bonchev–Trinajstić information content (AvgIpc) is 3.91. The zero-order valence-corrected chi connectivity index (χ0v) is 37.7. The van der Waals surface area contributed by atoms with Gasteiger partial charge in [0.05, 0.1) is 39.1 Å². The van der Waals surface area contributed by atoms with Crippen LogP contribution in [0.15, 0.2) is 55.8 Å². The second-order valence-electron chi connectivity index (χ2n) is 16.2. The number of H-pyrrole nitrogens is 1. The molecular weight excluding hydrogens is 793 g/mol. The zero-order valence-electron chi connectivity index (χ0n) is 37.7. The topological polar surface area (TPSA) is 207 Å². The van der Waals surface area contributed by atoms with Crippen LogP contribution in [0.1, 0.15) is 99.7 Å². The molecule has 0 unspecified atom stereocenters. The Morgan fingerprint density at radius 1 is 0.613 bits per heavy atom. The molecule has 0 aliphatic carbocycles. The number of nitrogens with zero attached hydrogens (tertiary/aromatic N) is 15. The highest BCUT2D eigenvalue weighted by atomic mass is 16.5. The van der Waals surface area contributed by atoms with Crippen molar-refractivity contribution in [3.63, 3.8) is 0 Å². The Morgan fingerprint density at radius 2 is 1.15 bits per heavy atom. The monoisotopic (exact) mass is 855 g/mol. The van der Waals surface area contributed by atoms with Gasteiger partial charge in [0, 0.05) is 63.6 Å². The molecule has 0 bridgehead atoms. The fourth-order valence-corrected chi connectivity index (χ4v) is 7.18. The minimum Gasteiger partial charge on any atom is -0.378 e. The molecule has 20 nitrogen and oxygen atoms in total. The van der Waals surface area contributed by atoms with Crippen LogP contribution in [0.25, 0.3) is 22.3 Å². The van der Waals surface area contributed by atoms with Crippen molar-refractivity contribution in [1.82, 2.24) is 63.3 Å². The minimum atomic E-state index is -0.258. The second-order valence-corrected chi connectivity index (χ2v) is 16.2. The third-order valence-corrected chi connectivity index (χ3v) is 10.8. The Bertz CT molecular complexity index is 2460. The smallest absolute Gasteiger partial charge is 0.349 e. The minimum absolute atomic E-state index is 0.110. The predicted molar refractivity (Wildman–Crippen MR) is 242 cm³/mol. The van der Waals surface area contributed by atoms with Gasteiger partial charge in [0.2, 0.25) is 5.95 Å². The Labute approximate surface area is 361 Å². The molecule has 3 aliphatic heterocycles. The molecular formula is C42H62N16O4. The molecule has 0 aromatic carbocycles. The quantitative estimate of drug-likeness (QED) is 0.172. The van der Waals surface area contributed by atoms with Crippen LogP contribution in [0.5, 0.6) is 0 Å². The zero-order chi connectivity index (χ0) is 44.3. The summed E-state index contributed by atoms with van der Waals surface area (Å²) in [6.45, 7) is 26.4. The normalized spacial score (nSPS) is 16.9. The molecule has 5 aromatic rings. The van der Waals surface area contributed by atoms with Gasteiger partial charge >= 0.3 is 5.69 Å². The van der Waals surface area contributed by atoms with Gasteiger partial charge in [0.25, 0.3) is 5.56 Å². The van der Waals surface area contributed by atoms with Crippen LogP contribution in [0.3, 0.4) is 0 Å². The van der Waals surface area contributed by atoms with E-state index < -0.39 is 0 Å². The van der Waals surface area contributed by atoms with Crippen molar-refractivity contribution in [3.05, 3.63) is 52.1 Å². The highest BCUT2D eigenvalue weighted by molar-refractivity contribution is 5.88. The van der Waals surface area contributed by atoms with Crippen molar-refractivity contribution >= 4 is 57.4 Å². The Balaban J connectivity index is 0.000000156. The maximum Gasteiger partial charge on any atom is 0.349 e. The van der Waals surface area contributed by atoms with Crippen LogP contribution in [0.4, 0.5) is 17.6 Å². The number of amidine groups is 3. The first-order valence-electron chi connectivity index (χ1n) is 21.6. The van der Waals surface area contributed by atoms with Gasteiger partial charge in [-0.3, -0.25) is 14.3 Å². The van der Waals surface area contributed by atoms with E-state index in [-0.39, 0.29) is 23.3 Å². The van der Waals surface area contributed by atoms with Crippen LogP contribution in [0, 0.1) is 0 Å². The average molecular weight is 855 g/mol. The second kappa shape index (κ2) is 21.3. The molecule has 0 atom stereocenters. The molecule has 62 heavy (non-hydrogen) atoms. The highest BCUT2D eigenvalue weighted by Gasteiger charge is 2.17. The van der Waals surface area contributed by atoms with Crippen molar-refractivity contribution in [1.29, 1.82) is 0 Å². The lowest BCUT2D eigenvalue weighted by atomic mass is 10.1. The standard InChI is InChI=1S/C15H22N6O.C14H20N6O.C13H20N4O2/c1-10(2)21-9-16-12-13(21)18-15(19-14(12)22)17-11(3)20-7-5-4-6-8-20;1-10(2)20-9-17-12-13(15-8-16-14(12)20)18-11(3)19-4-6-21-7-5-19;1-10(2)17-5-4-12(15-13(17)18)14-11(3)16-6-8-19-9-7-16/h9-10H,4-8H2,1-3H3,(H,18,19,22);8-10H,4-7H2,1-3H3;4-5,10H,6-9H2,1-3H3. The lowest BCUT2D eigenvalue weighted by Gasteiger charge is -2.28. The summed E-state index contributed by atoms with van der Waals surface area (Å²) >= 11 is 0. The maximum absolute atomic E-state index is 12.1. The van der Waals surface area contributed by atoms with Gasteiger partial charge in [0.1, 0.15) is 23.8 Å². The van der Waals surface area contributed by atoms with E-state index in [1.807, 2.05) is 57.6 Å². The summed E-state index contributed by atoms with van der Waals surface area (Å²) in [7, 11) is 0. The fourth-order valence-electron chi connectivity index (χ4n) is 7.18. The first-order valence-corrected chi connectivity index (χ1v) is 21.6. The summed E-state index contributed by atoms with van der Waals surface area (Å²) in [4.78, 5) is 72.4. The van der Waals surface area contributed by atoms with E-state index in [0.717, 1.165) is 94.4 Å². The van der Waals surface area contributed by atoms with Crippen LogP contribution < -0.4 is 11.2 Å². The Hall–Kier alpha value is -5.89. The number of hydrogen-bond acceptors (Lipinski definition) is 13. The maximum atomic E-state index is 12.1. The van der Waals surface area contributed by atoms with Gasteiger partial charge in [-0.05, 0) is 87.6 Å². The van der Waals surface area contributed by atoms with E-state index >= 15 is 0 Å². The molecule has 3 saturated heterocycles. The van der Waals surface area contributed by atoms with Gasteiger partial charge in [-0.15, -0.1) is 0 Å². The molecule has 0 saturated carbocycles. The molecule has 1 N–H and O–H groups in total. The number of aliphatic imine (C=N–C) groups is 3. The first-order chi connectivity index (χ1) is 29.8. The van der Waals surface area contributed by atoms with Gasteiger partial charge in [0.15, 0.2) is 34.0 Å². The van der Waals surface area contributed by atoms with E-state index in [1.54, 1.807) is 35.8 Å². The summed E-state index contributed by atoms with van der Waals surface area (Å²) in [6.07, 6.45) is 10.4. The lowest BCUT2D eigenvalue weighted by Crippen LogP contribution is -2.39. The van der Waals surface area contributed by atoms with Crippen LogP contribution >= 0.6 is 0 Å². The molecule has 8 heterocycles. The summed E-state index contributed by atoms with van der Waals surface area (Å²) in [5.74, 6) is 4.16. The van der Waals surface area contributed by atoms with Crippen molar-refractivity contribution < 1.29 is 9.47 Å². The van der Waals surface area contributed by atoms with Crippen molar-refractivity contribution in [2.45, 2.75) is 99.7 Å². The predicted octanol–water partition coefficient (Wildman–Crippen LogP) is 5.23. The molecule has 334 valence electrons. The number of aromatic nitrogens is 10. The van der Waals surface area contributed by atoms with Crippen LogP contribution in [-0.2, 0) is 9.47 Å². The number of fused-ring (bicyclic) bond motifs is 2. The SMILES string of the molecule is CC(=Nc1ccn(C(C)C)c(=O)n1)N1CCOCC1.CC(=Nc1nc2c(ncn2C(C)C)c(=O)[nH]1)N1CCCCC1.CC(=Nc1ncnc2c1ncn2C(C)C)N1CCOCC1. The molecule has 5 aromatic heterocycles. The summed E-state index contributed by atoms with van der Waals surface area (Å²) < 4.78 is 16.2. The number of rotatable bonds is 6. The largest absolute Gasteiger partial charge is 0.378 e. The number of hydrogen-bond donors (Lipinski definition) is 1.